The van der Waals surface area contributed by atoms with E-state index in [1.54, 1.807) is 38.1 Å². The maximum atomic E-state index is 10.7. The van der Waals surface area contributed by atoms with Crippen LogP contribution < -0.4 is 9.47 Å². The van der Waals surface area contributed by atoms with E-state index in [-0.39, 0.29) is 0 Å². The Bertz CT molecular complexity index is 325. The number of hydrogen-bond donors (Lipinski definition) is 0. The molecule has 1 aromatic rings. The minimum atomic E-state index is 0.559. The zero-order chi connectivity index (χ0) is 11.3. The molecule has 0 atom stereocenters. The minimum Gasteiger partial charge on any atom is -0.495 e. The third-order valence-electron chi connectivity index (χ3n) is 1.91. The fourth-order valence-corrected chi connectivity index (χ4v) is 2.11. The minimum absolute atomic E-state index is 0.559. The van der Waals surface area contributed by atoms with Crippen molar-refractivity contribution in [3.63, 3.8) is 0 Å². The number of hydrogen-bond acceptors (Lipinski definition) is 4. The first kappa shape index (κ1) is 11.9. The molecule has 0 N–H and O–H groups in total. The number of benzene rings is 1. The maximum absolute atomic E-state index is 10.7. The van der Waals surface area contributed by atoms with Gasteiger partial charge in [-0.3, -0.25) is 4.79 Å². The molecule has 0 bridgehead atoms. The lowest BCUT2D eigenvalue weighted by atomic mass is 10.2. The number of aldehydes is 1. The van der Waals surface area contributed by atoms with Crippen LogP contribution in [-0.4, -0.2) is 26.3 Å². The fourth-order valence-electron chi connectivity index (χ4n) is 1.25. The average Bonchev–Trinajstić information content (AvgIpc) is 2.29. The van der Waals surface area contributed by atoms with Crippen molar-refractivity contribution >= 4 is 18.0 Å². The van der Waals surface area contributed by atoms with Gasteiger partial charge in [0.1, 0.15) is 17.8 Å². The topological polar surface area (TPSA) is 35.5 Å². The molecular weight excluding hydrogens is 212 g/mol. The summed E-state index contributed by atoms with van der Waals surface area (Å²) in [5.74, 6) is 2.29. The van der Waals surface area contributed by atoms with Gasteiger partial charge in [-0.15, -0.1) is 11.8 Å². The van der Waals surface area contributed by atoms with Gasteiger partial charge >= 0.3 is 0 Å². The van der Waals surface area contributed by atoms with Crippen LogP contribution in [0.3, 0.4) is 0 Å². The van der Waals surface area contributed by atoms with Gasteiger partial charge in [-0.1, -0.05) is 6.92 Å². The molecule has 0 heterocycles. The van der Waals surface area contributed by atoms with E-state index in [1.165, 1.54) is 0 Å². The van der Waals surface area contributed by atoms with Crippen LogP contribution >= 0.6 is 11.8 Å². The molecule has 0 saturated heterocycles. The molecule has 0 fully saturated rings. The second-order valence-electron chi connectivity index (χ2n) is 2.81. The van der Waals surface area contributed by atoms with Gasteiger partial charge in [0, 0.05) is 5.56 Å². The Morgan fingerprint density at radius 2 is 1.80 bits per heavy atom. The van der Waals surface area contributed by atoms with Crippen LogP contribution in [0.4, 0.5) is 0 Å². The lowest BCUT2D eigenvalue weighted by Gasteiger charge is -2.12. The van der Waals surface area contributed by atoms with Crippen molar-refractivity contribution in [2.75, 3.05) is 20.0 Å². The van der Waals surface area contributed by atoms with Gasteiger partial charge in [0.25, 0.3) is 0 Å². The molecule has 0 aliphatic rings. The van der Waals surface area contributed by atoms with E-state index in [4.69, 9.17) is 9.47 Å². The van der Waals surface area contributed by atoms with Crippen LogP contribution in [0.25, 0.3) is 0 Å². The van der Waals surface area contributed by atoms with Crippen molar-refractivity contribution in [1.29, 1.82) is 0 Å². The number of methoxy groups -OCH3 is 2. The second-order valence-corrected chi connectivity index (χ2v) is 4.08. The highest BCUT2D eigenvalue weighted by molar-refractivity contribution is 7.99. The van der Waals surface area contributed by atoms with Crippen LogP contribution in [-0.2, 0) is 0 Å². The van der Waals surface area contributed by atoms with Crippen molar-refractivity contribution in [2.45, 2.75) is 11.8 Å². The predicted octanol–water partition coefficient (Wildman–Crippen LogP) is 2.63. The Kier molecular flexibility index (Phi) is 4.49. The first-order chi connectivity index (χ1) is 7.26. The van der Waals surface area contributed by atoms with E-state index in [2.05, 4.69) is 6.92 Å². The number of carbonyl (C=O) groups is 1. The largest absolute Gasteiger partial charge is 0.495 e. The molecule has 82 valence electrons. The van der Waals surface area contributed by atoms with Crippen molar-refractivity contribution in [1.82, 2.24) is 0 Å². The van der Waals surface area contributed by atoms with E-state index in [0.29, 0.717) is 17.1 Å². The number of thioether (sulfide) groups is 1. The zero-order valence-electron chi connectivity index (χ0n) is 9.07. The van der Waals surface area contributed by atoms with Crippen molar-refractivity contribution in [2.24, 2.45) is 0 Å². The van der Waals surface area contributed by atoms with Gasteiger partial charge in [-0.25, -0.2) is 0 Å². The second kappa shape index (κ2) is 5.66. The third-order valence-corrected chi connectivity index (χ3v) is 2.89. The molecule has 4 heteroatoms. The first-order valence-corrected chi connectivity index (χ1v) is 5.59. The SMILES string of the molecule is CCSc1c(OC)cc(C=O)cc1OC. The molecule has 0 saturated carbocycles. The summed E-state index contributed by atoms with van der Waals surface area (Å²) in [5.41, 5.74) is 0.559. The molecule has 0 unspecified atom stereocenters. The Labute approximate surface area is 93.8 Å². The molecule has 0 aliphatic carbocycles. The number of ether oxygens (including phenoxy) is 2. The first-order valence-electron chi connectivity index (χ1n) is 4.60. The Balaban J connectivity index is 3.25. The highest BCUT2D eigenvalue weighted by Gasteiger charge is 2.11. The fraction of sp³-hybridized carbons (Fsp3) is 0.364. The zero-order valence-corrected chi connectivity index (χ0v) is 9.89. The lowest BCUT2D eigenvalue weighted by Crippen LogP contribution is -1.94. The Morgan fingerprint density at radius 3 is 2.13 bits per heavy atom. The Morgan fingerprint density at radius 1 is 1.27 bits per heavy atom. The predicted molar refractivity (Wildman–Crippen MR) is 61.3 cm³/mol. The monoisotopic (exact) mass is 226 g/mol. The normalized spacial score (nSPS) is 9.80. The Hall–Kier alpha value is -1.16. The molecule has 0 radical (unpaired) electrons. The molecular formula is C11H14O3S. The van der Waals surface area contributed by atoms with E-state index in [0.717, 1.165) is 16.9 Å². The van der Waals surface area contributed by atoms with Crippen LogP contribution in [0.15, 0.2) is 17.0 Å². The summed E-state index contributed by atoms with van der Waals surface area (Å²) < 4.78 is 10.4. The maximum Gasteiger partial charge on any atom is 0.150 e. The summed E-state index contributed by atoms with van der Waals surface area (Å²) in [7, 11) is 3.17. The van der Waals surface area contributed by atoms with Gasteiger partial charge in [0.15, 0.2) is 0 Å². The number of rotatable bonds is 5. The average molecular weight is 226 g/mol. The summed E-state index contributed by atoms with van der Waals surface area (Å²) in [6, 6.07) is 3.43. The van der Waals surface area contributed by atoms with Crippen molar-refractivity contribution in [3.05, 3.63) is 17.7 Å². The van der Waals surface area contributed by atoms with Gasteiger partial charge < -0.3 is 9.47 Å². The van der Waals surface area contributed by atoms with Gasteiger partial charge in [-0.05, 0) is 17.9 Å². The van der Waals surface area contributed by atoms with Crippen molar-refractivity contribution in [3.8, 4) is 11.5 Å². The molecule has 0 aliphatic heterocycles. The standard InChI is InChI=1S/C11H14O3S/c1-4-15-11-9(13-2)5-8(7-12)6-10(11)14-3/h5-7H,4H2,1-3H3. The van der Waals surface area contributed by atoms with E-state index in [1.807, 2.05) is 0 Å². The number of carbonyl (C=O) groups excluding carboxylic acids is 1. The third kappa shape index (κ3) is 2.65. The highest BCUT2D eigenvalue weighted by Crippen LogP contribution is 2.38. The summed E-state index contributed by atoms with van der Waals surface area (Å²) in [5, 5.41) is 0. The molecule has 1 rings (SSSR count). The van der Waals surface area contributed by atoms with Crippen molar-refractivity contribution < 1.29 is 14.3 Å². The lowest BCUT2D eigenvalue weighted by molar-refractivity contribution is 0.112. The molecule has 0 aromatic heterocycles. The van der Waals surface area contributed by atoms with Crippen LogP contribution in [0.5, 0.6) is 11.5 Å². The van der Waals surface area contributed by atoms with E-state index < -0.39 is 0 Å². The van der Waals surface area contributed by atoms with Crippen LogP contribution in [0.2, 0.25) is 0 Å². The molecule has 15 heavy (non-hydrogen) atoms. The summed E-state index contributed by atoms with van der Waals surface area (Å²) in [6.45, 7) is 2.05. The van der Waals surface area contributed by atoms with Gasteiger partial charge in [-0.2, -0.15) is 0 Å². The van der Waals surface area contributed by atoms with Gasteiger partial charge in [0.05, 0.1) is 19.1 Å². The molecule has 1 aromatic carbocycles. The van der Waals surface area contributed by atoms with Crippen LogP contribution in [0.1, 0.15) is 17.3 Å². The van der Waals surface area contributed by atoms with Crippen LogP contribution in [0, 0.1) is 0 Å². The molecule has 0 spiro atoms. The molecule has 0 amide bonds. The van der Waals surface area contributed by atoms with E-state index in [9.17, 15) is 4.79 Å². The highest BCUT2D eigenvalue weighted by atomic mass is 32.2. The quantitative estimate of drug-likeness (QED) is 0.571. The summed E-state index contributed by atoms with van der Waals surface area (Å²) in [6.07, 6.45) is 0.783. The van der Waals surface area contributed by atoms with Gasteiger partial charge in [0.2, 0.25) is 0 Å². The summed E-state index contributed by atoms with van der Waals surface area (Å²) in [4.78, 5) is 11.6. The molecule has 3 nitrogen and oxygen atoms in total. The smallest absolute Gasteiger partial charge is 0.150 e. The van der Waals surface area contributed by atoms with E-state index >= 15 is 0 Å². The summed E-state index contributed by atoms with van der Waals surface area (Å²) >= 11 is 1.63.